The van der Waals surface area contributed by atoms with Gasteiger partial charge in [0.15, 0.2) is 5.82 Å². The molecule has 1 fully saturated rings. The van der Waals surface area contributed by atoms with Crippen molar-refractivity contribution in [2.75, 3.05) is 18.2 Å². The van der Waals surface area contributed by atoms with E-state index >= 15 is 0 Å². The SMILES string of the molecule is O=[N+]([O-])c1cnc(N2CCCCO2)c(Br)c1. The van der Waals surface area contributed by atoms with Gasteiger partial charge in [0.05, 0.1) is 16.0 Å². The summed E-state index contributed by atoms with van der Waals surface area (Å²) in [5, 5.41) is 12.2. The topological polar surface area (TPSA) is 68.5 Å². The maximum Gasteiger partial charge on any atom is 0.288 e. The normalized spacial score (nSPS) is 16.2. The third-order valence-corrected chi connectivity index (χ3v) is 2.84. The van der Waals surface area contributed by atoms with E-state index in [0.717, 1.165) is 19.4 Å². The summed E-state index contributed by atoms with van der Waals surface area (Å²) < 4.78 is 0.573. The molecule has 1 aromatic rings. The van der Waals surface area contributed by atoms with Gasteiger partial charge in [0, 0.05) is 12.6 Å². The molecule has 1 aromatic heterocycles. The Morgan fingerprint density at radius 1 is 1.56 bits per heavy atom. The highest BCUT2D eigenvalue weighted by molar-refractivity contribution is 9.10. The fourth-order valence-electron chi connectivity index (χ4n) is 1.47. The number of hydrogen-bond acceptors (Lipinski definition) is 5. The minimum Gasteiger partial charge on any atom is -0.272 e. The Bertz CT molecular complexity index is 407. The lowest BCUT2D eigenvalue weighted by atomic mass is 10.3. The summed E-state index contributed by atoms with van der Waals surface area (Å²) in [7, 11) is 0. The predicted octanol–water partition coefficient (Wildman–Crippen LogP) is 2.28. The van der Waals surface area contributed by atoms with E-state index in [1.165, 1.54) is 12.3 Å². The highest BCUT2D eigenvalue weighted by Gasteiger charge is 2.18. The van der Waals surface area contributed by atoms with Gasteiger partial charge in [-0.25, -0.2) is 10.0 Å². The smallest absolute Gasteiger partial charge is 0.272 e. The number of rotatable bonds is 2. The summed E-state index contributed by atoms with van der Waals surface area (Å²) in [6, 6.07) is 1.43. The van der Waals surface area contributed by atoms with Crippen LogP contribution in [0.5, 0.6) is 0 Å². The molecule has 0 aliphatic carbocycles. The van der Waals surface area contributed by atoms with Crippen LogP contribution in [0.3, 0.4) is 0 Å². The Kier molecular flexibility index (Phi) is 3.35. The zero-order valence-corrected chi connectivity index (χ0v) is 10.0. The van der Waals surface area contributed by atoms with Crippen molar-refractivity contribution in [2.45, 2.75) is 12.8 Å². The molecule has 0 atom stereocenters. The second-order valence-electron chi connectivity index (χ2n) is 3.40. The highest BCUT2D eigenvalue weighted by Crippen LogP contribution is 2.28. The molecule has 0 aromatic carbocycles. The van der Waals surface area contributed by atoms with Crippen molar-refractivity contribution in [1.29, 1.82) is 0 Å². The van der Waals surface area contributed by atoms with Crippen LogP contribution < -0.4 is 5.06 Å². The molecule has 2 heterocycles. The molecule has 1 aliphatic heterocycles. The molecule has 7 heteroatoms. The molecule has 0 N–H and O–H groups in total. The van der Waals surface area contributed by atoms with Gasteiger partial charge in [0.1, 0.15) is 6.20 Å². The van der Waals surface area contributed by atoms with Crippen LogP contribution in [0.4, 0.5) is 11.5 Å². The Morgan fingerprint density at radius 2 is 2.38 bits per heavy atom. The first-order valence-corrected chi connectivity index (χ1v) is 5.68. The molecule has 16 heavy (non-hydrogen) atoms. The van der Waals surface area contributed by atoms with Gasteiger partial charge in [-0.1, -0.05) is 0 Å². The van der Waals surface area contributed by atoms with Crippen molar-refractivity contribution < 1.29 is 9.76 Å². The molecule has 86 valence electrons. The Morgan fingerprint density at radius 3 is 2.94 bits per heavy atom. The Balaban J connectivity index is 2.24. The molecule has 0 saturated carbocycles. The number of hydroxylamine groups is 1. The van der Waals surface area contributed by atoms with Crippen molar-refractivity contribution in [3.63, 3.8) is 0 Å². The Hall–Kier alpha value is -1.21. The lowest BCUT2D eigenvalue weighted by molar-refractivity contribution is -0.385. The first kappa shape index (κ1) is 11.3. The summed E-state index contributed by atoms with van der Waals surface area (Å²) >= 11 is 3.26. The second kappa shape index (κ2) is 4.75. The van der Waals surface area contributed by atoms with Gasteiger partial charge in [-0.2, -0.15) is 0 Å². The number of nitrogens with zero attached hydrogens (tertiary/aromatic N) is 3. The molecule has 0 unspecified atom stereocenters. The van der Waals surface area contributed by atoms with Crippen molar-refractivity contribution in [3.05, 3.63) is 26.9 Å². The number of hydrogen-bond donors (Lipinski definition) is 0. The zero-order chi connectivity index (χ0) is 11.5. The van der Waals surface area contributed by atoms with Crippen LogP contribution in [0.1, 0.15) is 12.8 Å². The standard InChI is InChI=1S/C9H10BrN3O3/c10-8-5-7(13(14)15)6-11-9(8)12-3-1-2-4-16-12/h5-6H,1-4H2. The maximum absolute atomic E-state index is 10.5. The molecule has 2 rings (SSSR count). The maximum atomic E-state index is 10.5. The third-order valence-electron chi connectivity index (χ3n) is 2.26. The van der Waals surface area contributed by atoms with Crippen LogP contribution in [-0.4, -0.2) is 23.1 Å². The van der Waals surface area contributed by atoms with Gasteiger partial charge in [-0.05, 0) is 28.8 Å². The fraction of sp³-hybridized carbons (Fsp3) is 0.444. The minimum absolute atomic E-state index is 0.0346. The van der Waals surface area contributed by atoms with Crippen LogP contribution >= 0.6 is 15.9 Å². The molecule has 1 aliphatic rings. The van der Waals surface area contributed by atoms with Gasteiger partial charge in [0.25, 0.3) is 5.69 Å². The van der Waals surface area contributed by atoms with E-state index in [-0.39, 0.29) is 5.69 Å². The summed E-state index contributed by atoms with van der Waals surface area (Å²) in [5.41, 5.74) is -0.0346. The zero-order valence-electron chi connectivity index (χ0n) is 8.43. The van der Waals surface area contributed by atoms with Crippen LogP contribution in [0.2, 0.25) is 0 Å². The average molecular weight is 288 g/mol. The van der Waals surface area contributed by atoms with Crippen LogP contribution in [0.15, 0.2) is 16.7 Å². The molecule has 1 saturated heterocycles. The monoisotopic (exact) mass is 287 g/mol. The number of nitro groups is 1. The average Bonchev–Trinajstić information content (AvgIpc) is 2.30. The third kappa shape index (κ3) is 2.30. The summed E-state index contributed by atoms with van der Waals surface area (Å²) in [5.74, 6) is 0.588. The first-order valence-electron chi connectivity index (χ1n) is 4.89. The lowest BCUT2D eigenvalue weighted by Crippen LogP contribution is -2.30. The summed E-state index contributed by atoms with van der Waals surface area (Å²) in [6.45, 7) is 1.41. The fourth-order valence-corrected chi connectivity index (χ4v) is 2.00. The predicted molar refractivity (Wildman–Crippen MR) is 61.1 cm³/mol. The number of anilines is 1. The number of halogens is 1. The van der Waals surface area contributed by atoms with E-state index in [1.54, 1.807) is 5.06 Å². The second-order valence-corrected chi connectivity index (χ2v) is 4.25. The molecule has 6 nitrogen and oxygen atoms in total. The van der Waals surface area contributed by atoms with E-state index < -0.39 is 4.92 Å². The van der Waals surface area contributed by atoms with Crippen molar-refractivity contribution in [2.24, 2.45) is 0 Å². The minimum atomic E-state index is -0.474. The largest absolute Gasteiger partial charge is 0.288 e. The molecule has 0 amide bonds. The van der Waals surface area contributed by atoms with Crippen LogP contribution in [0.25, 0.3) is 0 Å². The van der Waals surface area contributed by atoms with E-state index in [1.807, 2.05) is 0 Å². The first-order chi connectivity index (χ1) is 7.68. The van der Waals surface area contributed by atoms with Crippen molar-refractivity contribution in [3.8, 4) is 0 Å². The lowest BCUT2D eigenvalue weighted by Gasteiger charge is -2.27. The quantitative estimate of drug-likeness (QED) is 0.617. The van der Waals surface area contributed by atoms with Gasteiger partial charge >= 0.3 is 0 Å². The van der Waals surface area contributed by atoms with Crippen molar-refractivity contribution in [1.82, 2.24) is 4.98 Å². The van der Waals surface area contributed by atoms with E-state index in [2.05, 4.69) is 20.9 Å². The summed E-state index contributed by atoms with van der Waals surface area (Å²) in [4.78, 5) is 19.5. The molecular formula is C9H10BrN3O3. The van der Waals surface area contributed by atoms with Gasteiger partial charge < -0.3 is 0 Å². The van der Waals surface area contributed by atoms with Crippen LogP contribution in [0, 0.1) is 10.1 Å². The Labute approximate surface area is 100 Å². The number of aromatic nitrogens is 1. The van der Waals surface area contributed by atoms with E-state index in [4.69, 9.17) is 4.84 Å². The summed E-state index contributed by atoms with van der Waals surface area (Å²) in [6.07, 6.45) is 3.30. The molecular weight excluding hydrogens is 278 g/mol. The molecule has 0 spiro atoms. The van der Waals surface area contributed by atoms with E-state index in [0.29, 0.717) is 16.9 Å². The molecule has 0 bridgehead atoms. The van der Waals surface area contributed by atoms with Gasteiger partial charge in [0.2, 0.25) is 0 Å². The van der Waals surface area contributed by atoms with Crippen molar-refractivity contribution >= 4 is 27.4 Å². The molecule has 0 radical (unpaired) electrons. The van der Waals surface area contributed by atoms with E-state index in [9.17, 15) is 10.1 Å². The highest BCUT2D eigenvalue weighted by atomic mass is 79.9. The van der Waals surface area contributed by atoms with Crippen LogP contribution in [-0.2, 0) is 4.84 Å². The van der Waals surface area contributed by atoms with Gasteiger partial charge in [-0.15, -0.1) is 0 Å². The number of pyridine rings is 1. The van der Waals surface area contributed by atoms with Gasteiger partial charge in [-0.3, -0.25) is 15.0 Å².